The smallest absolute Gasteiger partial charge is 0.373 e. The van der Waals surface area contributed by atoms with Crippen molar-refractivity contribution >= 4 is 17.1 Å². The first-order valence-corrected chi connectivity index (χ1v) is 3.17. The minimum atomic E-state index is -0.414. The number of carbonyl (C=O) groups excluding carboxylic acids is 1. The van der Waals surface area contributed by atoms with Crippen LogP contribution < -0.4 is 0 Å². The summed E-state index contributed by atoms with van der Waals surface area (Å²) >= 11 is 0.932. The summed E-state index contributed by atoms with van der Waals surface area (Å²) in [5.41, 5.74) is 0. The highest BCUT2D eigenvalue weighted by atomic mass is 32.2. The maximum atomic E-state index is 10.4. The molecule has 0 aromatic heterocycles. The van der Waals surface area contributed by atoms with Gasteiger partial charge in [-0.1, -0.05) is 12.5 Å². The van der Waals surface area contributed by atoms with Crippen LogP contribution in [0, 0.1) is 12.3 Å². The minimum Gasteiger partial charge on any atom is -0.427 e. The van der Waals surface area contributed by atoms with E-state index in [9.17, 15) is 4.79 Å². The maximum Gasteiger partial charge on any atom is 0.373 e. The highest BCUT2D eigenvalue weighted by Crippen LogP contribution is 2.02. The molecule has 0 unspecified atom stereocenters. The van der Waals surface area contributed by atoms with Crippen molar-refractivity contribution in [2.24, 2.45) is 0 Å². The normalized spacial score (nSPS) is 7.44. The molecule has 0 aromatic rings. The fourth-order valence-corrected chi connectivity index (χ4v) is 0.540. The van der Waals surface area contributed by atoms with Crippen molar-refractivity contribution in [1.82, 2.24) is 0 Å². The average Bonchev–Trinajstić information content (AvgIpc) is 1.85. The second-order valence-electron chi connectivity index (χ2n) is 1.03. The van der Waals surface area contributed by atoms with Gasteiger partial charge in [-0.05, 0) is 11.8 Å². The Kier molecular flexibility index (Phi) is 4.75. The second-order valence-corrected chi connectivity index (χ2v) is 1.94. The first kappa shape index (κ1) is 8.12. The summed E-state index contributed by atoms with van der Waals surface area (Å²) in [6.45, 7) is 3.20. The van der Waals surface area contributed by atoms with Gasteiger partial charge >= 0.3 is 5.30 Å². The van der Waals surface area contributed by atoms with E-state index in [-0.39, 0.29) is 0 Å². The minimum absolute atomic E-state index is 0.340. The Labute approximate surface area is 58.3 Å². The molecular formula is C6H6O2S. The quantitative estimate of drug-likeness (QED) is 0.333. The molecule has 3 heteroatoms. The molecule has 2 nitrogen and oxygen atoms in total. The topological polar surface area (TPSA) is 26.3 Å². The summed E-state index contributed by atoms with van der Waals surface area (Å²) in [4.78, 5) is 10.4. The molecule has 0 heterocycles. The predicted molar refractivity (Wildman–Crippen MR) is 38.0 cm³/mol. The lowest BCUT2D eigenvalue weighted by atomic mass is 10.8. The van der Waals surface area contributed by atoms with Gasteiger partial charge in [0.25, 0.3) is 0 Å². The first-order valence-electron chi connectivity index (χ1n) is 2.19. The summed E-state index contributed by atoms with van der Waals surface area (Å²) in [5, 5.41) is -0.414. The molecule has 0 aromatic carbocycles. The third kappa shape index (κ3) is 4.98. The van der Waals surface area contributed by atoms with E-state index >= 15 is 0 Å². The highest BCUT2D eigenvalue weighted by molar-refractivity contribution is 8.13. The summed E-state index contributed by atoms with van der Waals surface area (Å²) < 4.78 is 4.34. The Balaban J connectivity index is 3.29. The molecule has 0 radical (unpaired) electrons. The molecule has 0 spiro atoms. The Morgan fingerprint density at radius 1 is 2.00 bits per heavy atom. The number of carbonyl (C=O) groups is 1. The maximum absolute atomic E-state index is 10.4. The molecule has 9 heavy (non-hydrogen) atoms. The van der Waals surface area contributed by atoms with E-state index in [0.29, 0.717) is 5.75 Å². The van der Waals surface area contributed by atoms with Gasteiger partial charge in [0.05, 0.1) is 12.0 Å². The summed E-state index contributed by atoms with van der Waals surface area (Å²) in [5.74, 6) is 2.62. The highest BCUT2D eigenvalue weighted by Gasteiger charge is 1.96. The van der Waals surface area contributed by atoms with Crippen LogP contribution in [0.25, 0.3) is 0 Å². The molecule has 0 aliphatic rings. The molecule has 0 atom stereocenters. The molecule has 0 fully saturated rings. The second kappa shape index (κ2) is 5.26. The van der Waals surface area contributed by atoms with Crippen molar-refractivity contribution < 1.29 is 9.53 Å². The van der Waals surface area contributed by atoms with Crippen LogP contribution in [0.5, 0.6) is 0 Å². The standard InChI is InChI=1S/C6H6O2S/c1-3-5-9-6(7)8-4-2/h1,4H,2,5H2. The van der Waals surface area contributed by atoms with Gasteiger partial charge in [-0.3, -0.25) is 0 Å². The van der Waals surface area contributed by atoms with Crippen LogP contribution in [0.3, 0.4) is 0 Å². The van der Waals surface area contributed by atoms with Crippen molar-refractivity contribution in [3.63, 3.8) is 0 Å². The van der Waals surface area contributed by atoms with Crippen molar-refractivity contribution in [2.45, 2.75) is 0 Å². The molecule has 0 amide bonds. The number of terminal acetylenes is 1. The molecule has 0 rings (SSSR count). The van der Waals surface area contributed by atoms with Gasteiger partial charge in [0.2, 0.25) is 0 Å². The van der Waals surface area contributed by atoms with Crippen LogP contribution in [0.15, 0.2) is 12.8 Å². The van der Waals surface area contributed by atoms with E-state index < -0.39 is 5.30 Å². The molecule has 0 aliphatic carbocycles. The zero-order valence-corrected chi connectivity index (χ0v) is 5.61. The molecular weight excluding hydrogens is 136 g/mol. The van der Waals surface area contributed by atoms with Crippen molar-refractivity contribution in [3.8, 4) is 12.3 Å². The van der Waals surface area contributed by atoms with Crippen LogP contribution in [0.4, 0.5) is 4.79 Å². The van der Waals surface area contributed by atoms with Crippen LogP contribution in [0.2, 0.25) is 0 Å². The van der Waals surface area contributed by atoms with Crippen LogP contribution in [0.1, 0.15) is 0 Å². The van der Waals surface area contributed by atoms with E-state index in [0.717, 1.165) is 18.0 Å². The number of rotatable bonds is 2. The van der Waals surface area contributed by atoms with E-state index in [1.165, 1.54) is 0 Å². The predicted octanol–water partition coefficient (Wildman–Crippen LogP) is 1.63. The lowest BCUT2D eigenvalue weighted by Gasteiger charge is -1.91. The summed E-state index contributed by atoms with van der Waals surface area (Å²) in [7, 11) is 0. The largest absolute Gasteiger partial charge is 0.427 e. The van der Waals surface area contributed by atoms with E-state index in [2.05, 4.69) is 17.2 Å². The zero-order chi connectivity index (χ0) is 7.11. The van der Waals surface area contributed by atoms with Crippen molar-refractivity contribution in [1.29, 1.82) is 0 Å². The Bertz CT molecular complexity index is 146. The molecule has 0 bridgehead atoms. The number of thioether (sulfide) groups is 1. The Hall–Kier alpha value is -0.880. The molecule has 0 saturated heterocycles. The lowest BCUT2D eigenvalue weighted by Crippen LogP contribution is -1.89. The van der Waals surface area contributed by atoms with E-state index in [1.54, 1.807) is 0 Å². The summed E-state index contributed by atoms with van der Waals surface area (Å²) in [6.07, 6.45) is 5.94. The Morgan fingerprint density at radius 2 is 2.67 bits per heavy atom. The average molecular weight is 142 g/mol. The summed E-state index contributed by atoms with van der Waals surface area (Å²) in [6, 6.07) is 0. The third-order valence-corrected chi connectivity index (χ3v) is 1.10. The van der Waals surface area contributed by atoms with Gasteiger partial charge in [-0.15, -0.1) is 6.42 Å². The van der Waals surface area contributed by atoms with E-state index in [1.807, 2.05) is 0 Å². The van der Waals surface area contributed by atoms with Crippen molar-refractivity contribution in [3.05, 3.63) is 12.8 Å². The monoisotopic (exact) mass is 142 g/mol. The van der Waals surface area contributed by atoms with Gasteiger partial charge in [0.1, 0.15) is 0 Å². The van der Waals surface area contributed by atoms with Gasteiger partial charge < -0.3 is 4.74 Å². The van der Waals surface area contributed by atoms with Gasteiger partial charge in [0, 0.05) is 0 Å². The number of hydrogen-bond donors (Lipinski definition) is 0. The van der Waals surface area contributed by atoms with Gasteiger partial charge in [-0.25, -0.2) is 4.79 Å². The van der Waals surface area contributed by atoms with Gasteiger partial charge in [0.15, 0.2) is 0 Å². The third-order valence-electron chi connectivity index (χ3n) is 0.453. The first-order chi connectivity index (χ1) is 4.31. The molecule has 0 saturated carbocycles. The zero-order valence-electron chi connectivity index (χ0n) is 4.79. The number of ether oxygens (including phenoxy) is 1. The van der Waals surface area contributed by atoms with Gasteiger partial charge in [-0.2, -0.15) is 0 Å². The fourth-order valence-electron chi connectivity index (χ4n) is 0.203. The van der Waals surface area contributed by atoms with Crippen LogP contribution in [-0.2, 0) is 4.74 Å². The number of hydrogen-bond acceptors (Lipinski definition) is 3. The van der Waals surface area contributed by atoms with Crippen LogP contribution >= 0.6 is 11.8 Å². The van der Waals surface area contributed by atoms with Crippen LogP contribution in [-0.4, -0.2) is 11.1 Å². The SMILES string of the molecule is C#CCSC(=O)OC=C. The molecule has 0 N–H and O–H groups in total. The molecule has 48 valence electrons. The van der Waals surface area contributed by atoms with E-state index in [4.69, 9.17) is 6.42 Å². The lowest BCUT2D eigenvalue weighted by molar-refractivity contribution is 0.214. The fraction of sp³-hybridized carbons (Fsp3) is 0.167. The molecule has 0 aliphatic heterocycles. The Morgan fingerprint density at radius 3 is 3.11 bits per heavy atom. The van der Waals surface area contributed by atoms with Crippen molar-refractivity contribution in [2.75, 3.05) is 5.75 Å².